The zero-order valence-electron chi connectivity index (χ0n) is 10.3. The largest absolute Gasteiger partial charge is 0.497 e. The van der Waals surface area contributed by atoms with Crippen molar-refractivity contribution in [3.8, 4) is 17.4 Å². The minimum atomic E-state index is -1.21. The first kappa shape index (κ1) is 14.6. The molecule has 0 atom stereocenters. The molecule has 1 aromatic carbocycles. The number of carboxylic acid groups (broad SMARTS) is 1. The number of hydrogen-bond donors (Lipinski definition) is 1. The number of rotatable bonds is 4. The van der Waals surface area contributed by atoms with Crippen molar-refractivity contribution in [2.24, 2.45) is 0 Å². The standard InChI is InChI=1S/C13H9BrClNO4/c1-19-7-2-4-10(8(14)6-7)20-11-5-3-9(15)12(16-11)13(17)18/h2-6H,1H3,(H,17,18). The van der Waals surface area contributed by atoms with E-state index >= 15 is 0 Å². The Morgan fingerprint density at radius 1 is 1.35 bits per heavy atom. The van der Waals surface area contributed by atoms with E-state index in [9.17, 15) is 4.79 Å². The smallest absolute Gasteiger partial charge is 0.356 e. The number of hydrogen-bond acceptors (Lipinski definition) is 4. The normalized spacial score (nSPS) is 10.2. The van der Waals surface area contributed by atoms with Crippen LogP contribution in [0.1, 0.15) is 10.5 Å². The van der Waals surface area contributed by atoms with Crippen LogP contribution < -0.4 is 9.47 Å². The van der Waals surface area contributed by atoms with Crippen LogP contribution in [0.4, 0.5) is 0 Å². The zero-order valence-corrected chi connectivity index (χ0v) is 12.6. The van der Waals surface area contributed by atoms with E-state index in [1.807, 2.05) is 0 Å². The molecule has 1 N–H and O–H groups in total. The number of methoxy groups -OCH3 is 1. The van der Waals surface area contributed by atoms with Crippen molar-refractivity contribution in [2.75, 3.05) is 7.11 Å². The van der Waals surface area contributed by atoms with Crippen LogP contribution in [0.25, 0.3) is 0 Å². The van der Waals surface area contributed by atoms with Crippen molar-refractivity contribution >= 4 is 33.5 Å². The van der Waals surface area contributed by atoms with E-state index < -0.39 is 5.97 Å². The van der Waals surface area contributed by atoms with Gasteiger partial charge in [-0.2, -0.15) is 0 Å². The van der Waals surface area contributed by atoms with Crippen molar-refractivity contribution in [2.45, 2.75) is 0 Å². The second-order valence-electron chi connectivity index (χ2n) is 3.68. The number of benzene rings is 1. The number of carbonyl (C=O) groups is 1. The molecule has 0 aliphatic carbocycles. The van der Waals surface area contributed by atoms with E-state index in [-0.39, 0.29) is 16.6 Å². The zero-order chi connectivity index (χ0) is 14.7. The molecule has 2 aromatic rings. The minimum Gasteiger partial charge on any atom is -0.497 e. The molecule has 20 heavy (non-hydrogen) atoms. The predicted octanol–water partition coefficient (Wildman–Crippen LogP) is 4.00. The summed E-state index contributed by atoms with van der Waals surface area (Å²) in [6, 6.07) is 8.04. The summed E-state index contributed by atoms with van der Waals surface area (Å²) in [6.45, 7) is 0. The fourth-order valence-electron chi connectivity index (χ4n) is 1.44. The predicted molar refractivity (Wildman–Crippen MR) is 77.0 cm³/mol. The molecule has 0 radical (unpaired) electrons. The number of nitrogens with zero attached hydrogens (tertiary/aromatic N) is 1. The molecule has 0 saturated carbocycles. The van der Waals surface area contributed by atoms with Crippen molar-refractivity contribution in [3.63, 3.8) is 0 Å². The number of aromatic carboxylic acids is 1. The number of halogens is 2. The molecule has 0 aliphatic heterocycles. The summed E-state index contributed by atoms with van der Waals surface area (Å²) in [5.41, 5.74) is -0.256. The maximum Gasteiger partial charge on any atom is 0.356 e. The average molecular weight is 359 g/mol. The highest BCUT2D eigenvalue weighted by Crippen LogP contribution is 2.32. The van der Waals surface area contributed by atoms with E-state index in [2.05, 4.69) is 20.9 Å². The van der Waals surface area contributed by atoms with Crippen LogP contribution in [0.5, 0.6) is 17.4 Å². The summed E-state index contributed by atoms with van der Waals surface area (Å²) in [7, 11) is 1.56. The van der Waals surface area contributed by atoms with Gasteiger partial charge in [0.15, 0.2) is 5.69 Å². The lowest BCUT2D eigenvalue weighted by Gasteiger charge is -2.09. The topological polar surface area (TPSA) is 68.7 Å². The second kappa shape index (κ2) is 6.11. The quantitative estimate of drug-likeness (QED) is 0.895. The molecule has 5 nitrogen and oxygen atoms in total. The summed E-state index contributed by atoms with van der Waals surface area (Å²) < 4.78 is 11.2. The Kier molecular flexibility index (Phi) is 4.46. The van der Waals surface area contributed by atoms with Gasteiger partial charge >= 0.3 is 5.97 Å². The van der Waals surface area contributed by atoms with Gasteiger partial charge in [-0.25, -0.2) is 9.78 Å². The lowest BCUT2D eigenvalue weighted by Crippen LogP contribution is -2.02. The maximum atomic E-state index is 10.9. The fourth-order valence-corrected chi connectivity index (χ4v) is 2.06. The Labute approximate surface area is 128 Å². The highest BCUT2D eigenvalue weighted by Gasteiger charge is 2.13. The van der Waals surface area contributed by atoms with Crippen molar-refractivity contribution in [3.05, 3.63) is 45.5 Å². The number of carboxylic acids is 1. The van der Waals surface area contributed by atoms with Gasteiger partial charge in [-0.15, -0.1) is 0 Å². The number of aromatic nitrogens is 1. The molecule has 0 unspecified atom stereocenters. The molecular weight excluding hydrogens is 350 g/mol. The van der Waals surface area contributed by atoms with E-state index in [1.165, 1.54) is 12.1 Å². The molecular formula is C13H9BrClNO4. The third-order valence-electron chi connectivity index (χ3n) is 2.38. The number of pyridine rings is 1. The van der Waals surface area contributed by atoms with Crippen LogP contribution in [-0.4, -0.2) is 23.2 Å². The van der Waals surface area contributed by atoms with Gasteiger partial charge < -0.3 is 14.6 Å². The van der Waals surface area contributed by atoms with Gasteiger partial charge in [-0.05, 0) is 40.2 Å². The van der Waals surface area contributed by atoms with Crippen molar-refractivity contribution < 1.29 is 19.4 Å². The van der Waals surface area contributed by atoms with Gasteiger partial charge in [-0.1, -0.05) is 11.6 Å². The molecule has 0 amide bonds. The molecule has 1 heterocycles. The van der Waals surface area contributed by atoms with E-state index in [1.54, 1.807) is 25.3 Å². The first-order chi connectivity index (χ1) is 9.51. The number of ether oxygens (including phenoxy) is 2. The van der Waals surface area contributed by atoms with Crippen molar-refractivity contribution in [1.82, 2.24) is 4.98 Å². The highest BCUT2D eigenvalue weighted by atomic mass is 79.9. The SMILES string of the molecule is COc1ccc(Oc2ccc(Cl)c(C(=O)O)n2)c(Br)c1. The van der Waals surface area contributed by atoms with Gasteiger partial charge in [0.05, 0.1) is 16.6 Å². The van der Waals surface area contributed by atoms with Crippen LogP contribution in [-0.2, 0) is 0 Å². The van der Waals surface area contributed by atoms with Crippen LogP contribution in [0.15, 0.2) is 34.8 Å². The molecule has 0 bridgehead atoms. The minimum absolute atomic E-state index is 0.0543. The van der Waals surface area contributed by atoms with E-state index in [4.69, 9.17) is 26.2 Å². The van der Waals surface area contributed by atoms with Gasteiger partial charge in [-0.3, -0.25) is 0 Å². The van der Waals surface area contributed by atoms with Crippen LogP contribution >= 0.6 is 27.5 Å². The summed E-state index contributed by atoms with van der Waals surface area (Å²) >= 11 is 9.07. The molecule has 0 aliphatic rings. The lowest BCUT2D eigenvalue weighted by atomic mass is 10.3. The van der Waals surface area contributed by atoms with Crippen molar-refractivity contribution in [1.29, 1.82) is 0 Å². The molecule has 1 aromatic heterocycles. The molecule has 104 valence electrons. The van der Waals surface area contributed by atoms with Crippen LogP contribution in [0.2, 0.25) is 5.02 Å². The van der Waals surface area contributed by atoms with Crippen LogP contribution in [0.3, 0.4) is 0 Å². The molecule has 7 heteroatoms. The Morgan fingerprint density at radius 2 is 2.10 bits per heavy atom. The summed E-state index contributed by atoms with van der Waals surface area (Å²) in [5.74, 6) is 0.0726. The summed E-state index contributed by atoms with van der Waals surface area (Å²) in [5, 5.41) is 9.01. The Morgan fingerprint density at radius 3 is 2.70 bits per heavy atom. The fraction of sp³-hybridized carbons (Fsp3) is 0.0769. The average Bonchev–Trinajstić information content (AvgIpc) is 2.42. The van der Waals surface area contributed by atoms with Gasteiger partial charge in [0, 0.05) is 6.07 Å². The Balaban J connectivity index is 2.30. The molecule has 0 fully saturated rings. The first-order valence-electron chi connectivity index (χ1n) is 5.42. The van der Waals surface area contributed by atoms with Crippen LogP contribution in [0, 0.1) is 0 Å². The molecule has 0 spiro atoms. The summed E-state index contributed by atoms with van der Waals surface area (Å²) in [6.07, 6.45) is 0. The van der Waals surface area contributed by atoms with E-state index in [0.717, 1.165) is 0 Å². The monoisotopic (exact) mass is 357 g/mol. The Bertz CT molecular complexity index is 663. The third-order valence-corrected chi connectivity index (χ3v) is 3.30. The van der Waals surface area contributed by atoms with E-state index in [0.29, 0.717) is 16.0 Å². The highest BCUT2D eigenvalue weighted by molar-refractivity contribution is 9.10. The maximum absolute atomic E-state index is 10.9. The second-order valence-corrected chi connectivity index (χ2v) is 4.95. The molecule has 2 rings (SSSR count). The van der Waals surface area contributed by atoms with Gasteiger partial charge in [0.2, 0.25) is 5.88 Å². The molecule has 0 saturated heterocycles. The Hall–Kier alpha value is -1.79. The third kappa shape index (κ3) is 3.20. The first-order valence-corrected chi connectivity index (χ1v) is 6.59. The summed E-state index contributed by atoms with van der Waals surface area (Å²) in [4.78, 5) is 14.8. The van der Waals surface area contributed by atoms with Gasteiger partial charge in [0.25, 0.3) is 0 Å². The van der Waals surface area contributed by atoms with Gasteiger partial charge in [0.1, 0.15) is 11.5 Å². The lowest BCUT2D eigenvalue weighted by molar-refractivity contribution is 0.0690.